The standard InChI is InChI=1S/C20H17F3N2O3/c21-20(22,23)28-16-3-1-2-15(10-16)13-4-6-14(7-5-13)18(27)25-11-19(12-25)9-8-17(26)24-19/h1-7,10H,8-9,11-12H2,(H,24,26). The van der Waals surface area contributed by atoms with Gasteiger partial charge in [0.2, 0.25) is 5.91 Å². The number of likely N-dealkylation sites (tertiary alicyclic amines) is 1. The summed E-state index contributed by atoms with van der Waals surface area (Å²) in [4.78, 5) is 25.6. The fourth-order valence-electron chi connectivity index (χ4n) is 3.70. The van der Waals surface area contributed by atoms with Crippen molar-refractivity contribution in [2.45, 2.75) is 24.7 Å². The fourth-order valence-corrected chi connectivity index (χ4v) is 3.70. The Balaban J connectivity index is 1.44. The van der Waals surface area contributed by atoms with Crippen LogP contribution in [0, 0.1) is 0 Å². The topological polar surface area (TPSA) is 58.6 Å². The zero-order valence-corrected chi connectivity index (χ0v) is 14.8. The van der Waals surface area contributed by atoms with Crippen molar-refractivity contribution in [3.63, 3.8) is 0 Å². The number of rotatable bonds is 3. The second-order valence-corrected chi connectivity index (χ2v) is 7.14. The first kappa shape index (κ1) is 18.3. The summed E-state index contributed by atoms with van der Waals surface area (Å²) in [6.07, 6.45) is -3.51. The molecular weight excluding hydrogens is 373 g/mol. The molecule has 0 aromatic heterocycles. The molecule has 8 heteroatoms. The largest absolute Gasteiger partial charge is 0.573 e. The minimum atomic E-state index is -4.75. The third-order valence-corrected chi connectivity index (χ3v) is 5.04. The molecule has 146 valence electrons. The van der Waals surface area contributed by atoms with Crippen LogP contribution in [0.2, 0.25) is 0 Å². The number of carbonyl (C=O) groups excluding carboxylic acids is 2. The van der Waals surface area contributed by atoms with Crippen LogP contribution in [-0.4, -0.2) is 41.7 Å². The van der Waals surface area contributed by atoms with E-state index in [1.54, 1.807) is 35.2 Å². The predicted molar refractivity (Wildman–Crippen MR) is 94.6 cm³/mol. The molecule has 2 aromatic carbocycles. The van der Waals surface area contributed by atoms with Crippen molar-refractivity contribution in [1.29, 1.82) is 0 Å². The Morgan fingerprint density at radius 2 is 1.79 bits per heavy atom. The molecule has 2 aliphatic rings. The van der Waals surface area contributed by atoms with Gasteiger partial charge in [0.25, 0.3) is 5.91 Å². The Morgan fingerprint density at radius 3 is 2.39 bits per heavy atom. The second kappa shape index (κ2) is 6.54. The van der Waals surface area contributed by atoms with Gasteiger partial charge in [-0.05, 0) is 41.8 Å². The van der Waals surface area contributed by atoms with Crippen LogP contribution >= 0.6 is 0 Å². The molecule has 2 aliphatic heterocycles. The van der Waals surface area contributed by atoms with Gasteiger partial charge in [-0.2, -0.15) is 0 Å². The lowest BCUT2D eigenvalue weighted by Gasteiger charge is -2.47. The van der Waals surface area contributed by atoms with Crippen molar-refractivity contribution in [3.8, 4) is 16.9 Å². The van der Waals surface area contributed by atoms with Gasteiger partial charge in [-0.15, -0.1) is 13.2 Å². The number of amides is 2. The summed E-state index contributed by atoms with van der Waals surface area (Å²) in [7, 11) is 0. The van der Waals surface area contributed by atoms with E-state index in [1.807, 2.05) is 0 Å². The number of benzene rings is 2. The lowest BCUT2D eigenvalue weighted by atomic mass is 9.87. The number of ether oxygens (including phenoxy) is 1. The first-order valence-electron chi connectivity index (χ1n) is 8.80. The minimum Gasteiger partial charge on any atom is -0.406 e. The van der Waals surface area contributed by atoms with Crippen LogP contribution in [0.4, 0.5) is 13.2 Å². The Hall–Kier alpha value is -3.03. The fraction of sp³-hybridized carbons (Fsp3) is 0.300. The molecule has 2 amide bonds. The van der Waals surface area contributed by atoms with Gasteiger partial charge < -0.3 is 15.0 Å². The lowest BCUT2D eigenvalue weighted by molar-refractivity contribution is -0.274. The van der Waals surface area contributed by atoms with E-state index in [2.05, 4.69) is 10.1 Å². The van der Waals surface area contributed by atoms with Crippen LogP contribution < -0.4 is 10.1 Å². The molecule has 4 rings (SSSR count). The van der Waals surface area contributed by atoms with Crippen LogP contribution in [0.15, 0.2) is 48.5 Å². The predicted octanol–water partition coefficient (Wildman–Crippen LogP) is 3.36. The first-order valence-corrected chi connectivity index (χ1v) is 8.80. The Bertz CT molecular complexity index is 919. The van der Waals surface area contributed by atoms with Gasteiger partial charge in [0.15, 0.2) is 0 Å². The third-order valence-electron chi connectivity index (χ3n) is 5.04. The highest BCUT2D eigenvalue weighted by Gasteiger charge is 2.49. The highest BCUT2D eigenvalue weighted by molar-refractivity contribution is 5.96. The van der Waals surface area contributed by atoms with Crippen LogP contribution in [0.1, 0.15) is 23.2 Å². The molecule has 28 heavy (non-hydrogen) atoms. The lowest BCUT2D eigenvalue weighted by Crippen LogP contribution is -2.68. The SMILES string of the molecule is O=C1CCC2(CN(C(=O)c3ccc(-c4cccc(OC(F)(F)F)c4)cc3)C2)N1. The van der Waals surface area contributed by atoms with E-state index in [-0.39, 0.29) is 23.1 Å². The number of hydrogen-bond donors (Lipinski definition) is 1. The van der Waals surface area contributed by atoms with Gasteiger partial charge in [-0.3, -0.25) is 9.59 Å². The molecule has 0 unspecified atom stereocenters. The quantitative estimate of drug-likeness (QED) is 0.875. The summed E-state index contributed by atoms with van der Waals surface area (Å²) in [5, 5.41) is 2.93. The molecule has 0 saturated carbocycles. The van der Waals surface area contributed by atoms with Gasteiger partial charge in [0, 0.05) is 25.1 Å². The monoisotopic (exact) mass is 390 g/mol. The average Bonchev–Trinajstić information content (AvgIpc) is 3.01. The molecule has 0 atom stereocenters. The second-order valence-electron chi connectivity index (χ2n) is 7.14. The molecule has 1 spiro atoms. The average molecular weight is 390 g/mol. The summed E-state index contributed by atoms with van der Waals surface area (Å²) in [6, 6.07) is 12.3. The van der Waals surface area contributed by atoms with Crippen LogP contribution in [-0.2, 0) is 4.79 Å². The zero-order chi connectivity index (χ0) is 19.9. The number of nitrogens with one attached hydrogen (secondary N) is 1. The van der Waals surface area contributed by atoms with Gasteiger partial charge in [-0.25, -0.2) is 0 Å². The van der Waals surface area contributed by atoms with E-state index < -0.39 is 6.36 Å². The molecular formula is C20H17F3N2O3. The third kappa shape index (κ3) is 3.67. The van der Waals surface area contributed by atoms with E-state index in [0.29, 0.717) is 36.2 Å². The Morgan fingerprint density at radius 1 is 1.07 bits per heavy atom. The zero-order valence-electron chi connectivity index (χ0n) is 14.8. The normalized spacial score (nSPS) is 18.0. The number of carbonyl (C=O) groups is 2. The molecule has 1 N–H and O–H groups in total. The van der Waals surface area contributed by atoms with Gasteiger partial charge >= 0.3 is 6.36 Å². The van der Waals surface area contributed by atoms with Crippen molar-refractivity contribution in [2.24, 2.45) is 0 Å². The molecule has 2 saturated heterocycles. The Labute approximate surface area is 159 Å². The Kier molecular flexibility index (Phi) is 4.28. The number of halogens is 3. The summed E-state index contributed by atoms with van der Waals surface area (Å²) in [5.74, 6) is -0.407. The summed E-state index contributed by atoms with van der Waals surface area (Å²) < 4.78 is 41.1. The van der Waals surface area contributed by atoms with E-state index in [0.717, 1.165) is 6.42 Å². The maximum atomic E-state index is 12.6. The molecule has 2 fully saturated rings. The summed E-state index contributed by atoms with van der Waals surface area (Å²) in [5.41, 5.74) is 1.45. The number of nitrogens with zero attached hydrogens (tertiary/aromatic N) is 1. The van der Waals surface area contributed by atoms with Gasteiger partial charge in [0.1, 0.15) is 5.75 Å². The van der Waals surface area contributed by atoms with Gasteiger partial charge in [-0.1, -0.05) is 24.3 Å². The molecule has 0 radical (unpaired) electrons. The van der Waals surface area contributed by atoms with Crippen LogP contribution in [0.25, 0.3) is 11.1 Å². The van der Waals surface area contributed by atoms with Crippen molar-refractivity contribution in [3.05, 3.63) is 54.1 Å². The van der Waals surface area contributed by atoms with Crippen LogP contribution in [0.5, 0.6) is 5.75 Å². The van der Waals surface area contributed by atoms with Crippen molar-refractivity contribution < 1.29 is 27.5 Å². The smallest absolute Gasteiger partial charge is 0.406 e. The minimum absolute atomic E-state index is 0.0215. The summed E-state index contributed by atoms with van der Waals surface area (Å²) in [6.45, 7) is 0.992. The summed E-state index contributed by atoms with van der Waals surface area (Å²) >= 11 is 0. The number of hydrogen-bond acceptors (Lipinski definition) is 3. The molecule has 2 heterocycles. The molecule has 0 aliphatic carbocycles. The van der Waals surface area contributed by atoms with Crippen molar-refractivity contribution >= 4 is 11.8 Å². The van der Waals surface area contributed by atoms with Gasteiger partial charge in [0.05, 0.1) is 5.54 Å². The van der Waals surface area contributed by atoms with E-state index in [9.17, 15) is 22.8 Å². The van der Waals surface area contributed by atoms with E-state index in [1.165, 1.54) is 18.2 Å². The van der Waals surface area contributed by atoms with Crippen molar-refractivity contribution in [2.75, 3.05) is 13.1 Å². The number of alkyl halides is 3. The van der Waals surface area contributed by atoms with Crippen molar-refractivity contribution in [1.82, 2.24) is 10.2 Å². The maximum absolute atomic E-state index is 12.6. The molecule has 2 aromatic rings. The van der Waals surface area contributed by atoms with Crippen LogP contribution in [0.3, 0.4) is 0 Å². The molecule has 0 bridgehead atoms. The molecule has 5 nitrogen and oxygen atoms in total. The van der Waals surface area contributed by atoms with E-state index >= 15 is 0 Å². The highest BCUT2D eigenvalue weighted by Crippen LogP contribution is 2.32. The maximum Gasteiger partial charge on any atom is 0.573 e. The van der Waals surface area contributed by atoms with E-state index in [4.69, 9.17) is 0 Å². The first-order chi connectivity index (χ1) is 13.2. The highest BCUT2D eigenvalue weighted by atomic mass is 19.4.